The lowest BCUT2D eigenvalue weighted by Gasteiger charge is -2.05. The average molecular weight is 275 g/mol. The molecule has 2 N–H and O–H groups in total. The van der Waals surface area contributed by atoms with Crippen LogP contribution in [0.2, 0.25) is 0 Å². The Labute approximate surface area is 110 Å². The van der Waals surface area contributed by atoms with E-state index in [1.165, 1.54) is 11.3 Å². The lowest BCUT2D eigenvalue weighted by molar-refractivity contribution is -0.137. The molecule has 0 unspecified atom stereocenters. The number of aliphatic hydroxyl groups is 1. The first-order valence-corrected chi connectivity index (χ1v) is 6.80. The zero-order chi connectivity index (χ0) is 12.8. The summed E-state index contributed by atoms with van der Waals surface area (Å²) in [6.45, 7) is 2.89. The molecule has 17 heavy (non-hydrogen) atoms. The number of nitrogens with zero attached hydrogens (tertiary/aromatic N) is 1. The molecule has 6 heteroatoms. The van der Waals surface area contributed by atoms with Crippen molar-refractivity contribution in [2.75, 3.05) is 6.61 Å². The van der Waals surface area contributed by atoms with Gasteiger partial charge in [-0.1, -0.05) is 0 Å². The van der Waals surface area contributed by atoms with E-state index < -0.39 is 5.97 Å². The third-order valence-electron chi connectivity index (χ3n) is 2.60. The molecular weight excluding hydrogens is 258 g/mol. The van der Waals surface area contributed by atoms with E-state index in [1.54, 1.807) is 0 Å². The fraction of sp³-hybridized carbons (Fsp3) is 0.636. The molecule has 0 saturated carbocycles. The molecule has 0 aromatic carbocycles. The number of hydrogen-bond acceptors (Lipinski definition) is 4. The molecule has 0 aliphatic carbocycles. The van der Waals surface area contributed by atoms with Gasteiger partial charge in [-0.15, -0.1) is 11.3 Å². The first kappa shape index (κ1) is 14.3. The Morgan fingerprint density at radius 3 is 2.76 bits per heavy atom. The van der Waals surface area contributed by atoms with E-state index in [0.29, 0.717) is 12.8 Å². The molecule has 0 amide bonds. The van der Waals surface area contributed by atoms with Gasteiger partial charge in [0.05, 0.1) is 0 Å². The highest BCUT2D eigenvalue weighted by Crippen LogP contribution is 2.20. The molecule has 0 aliphatic heterocycles. The van der Waals surface area contributed by atoms with Crippen LogP contribution < -0.4 is 0 Å². The smallest absolute Gasteiger partial charge is 0.303 e. The van der Waals surface area contributed by atoms with E-state index in [0.717, 1.165) is 27.5 Å². The number of carboxylic acid groups (broad SMARTS) is 1. The molecule has 0 bridgehead atoms. The third kappa shape index (κ3) is 4.22. The van der Waals surface area contributed by atoms with Crippen molar-refractivity contribution in [2.24, 2.45) is 0 Å². The van der Waals surface area contributed by atoms with Gasteiger partial charge in [0.1, 0.15) is 0 Å². The maximum atomic E-state index is 10.4. The molecule has 1 aromatic heterocycles. The van der Waals surface area contributed by atoms with Gasteiger partial charge >= 0.3 is 5.97 Å². The second kappa shape index (κ2) is 6.88. The first-order chi connectivity index (χ1) is 8.06. The maximum Gasteiger partial charge on any atom is 0.303 e. The minimum Gasteiger partial charge on any atom is -0.481 e. The van der Waals surface area contributed by atoms with Crippen LogP contribution in [0.5, 0.6) is 0 Å². The number of aromatic nitrogens is 1. The highest BCUT2D eigenvalue weighted by Gasteiger charge is 2.08. The molecule has 96 valence electrons. The van der Waals surface area contributed by atoms with E-state index >= 15 is 0 Å². The second-order valence-electron chi connectivity index (χ2n) is 3.85. The Morgan fingerprint density at radius 1 is 1.47 bits per heavy atom. The second-order valence-corrected chi connectivity index (χ2v) is 5.58. The molecule has 1 aromatic rings. The van der Waals surface area contributed by atoms with Crippen LogP contribution in [0, 0.1) is 10.9 Å². The van der Waals surface area contributed by atoms with Crippen LogP contribution in [-0.4, -0.2) is 27.4 Å². The Kier molecular flexibility index (Phi) is 5.80. The van der Waals surface area contributed by atoms with E-state index in [4.69, 9.17) is 22.4 Å². The fourth-order valence-electron chi connectivity index (χ4n) is 1.66. The minimum atomic E-state index is -0.753. The Hall–Kier alpha value is -0.720. The van der Waals surface area contributed by atoms with Gasteiger partial charge in [0, 0.05) is 36.6 Å². The van der Waals surface area contributed by atoms with E-state index in [9.17, 15) is 4.79 Å². The van der Waals surface area contributed by atoms with Gasteiger partial charge in [-0.05, 0) is 32.0 Å². The number of carboxylic acids is 1. The van der Waals surface area contributed by atoms with Crippen molar-refractivity contribution in [2.45, 2.75) is 39.2 Å². The van der Waals surface area contributed by atoms with Gasteiger partial charge in [0.15, 0.2) is 3.95 Å². The van der Waals surface area contributed by atoms with E-state index in [2.05, 4.69) is 0 Å². The van der Waals surface area contributed by atoms with Gasteiger partial charge in [-0.2, -0.15) is 0 Å². The number of unbranched alkanes of at least 4 members (excludes halogenated alkanes) is 1. The predicted octanol–water partition coefficient (Wildman–Crippen LogP) is 2.38. The van der Waals surface area contributed by atoms with Crippen molar-refractivity contribution in [3.63, 3.8) is 0 Å². The summed E-state index contributed by atoms with van der Waals surface area (Å²) < 4.78 is 2.84. The maximum absolute atomic E-state index is 10.4. The molecular formula is C11H17NO3S2. The summed E-state index contributed by atoms with van der Waals surface area (Å²) in [6, 6.07) is 0. The molecule has 0 radical (unpaired) electrons. The summed E-state index contributed by atoms with van der Waals surface area (Å²) in [5, 5.41) is 17.5. The zero-order valence-electron chi connectivity index (χ0n) is 9.81. The zero-order valence-corrected chi connectivity index (χ0v) is 11.4. The van der Waals surface area contributed by atoms with Crippen molar-refractivity contribution in [1.82, 2.24) is 4.57 Å². The van der Waals surface area contributed by atoms with Crippen LogP contribution in [0.4, 0.5) is 0 Å². The monoisotopic (exact) mass is 275 g/mol. The van der Waals surface area contributed by atoms with E-state index in [-0.39, 0.29) is 13.0 Å². The minimum absolute atomic E-state index is 0.134. The molecule has 4 nitrogen and oxygen atoms in total. The number of hydrogen-bond donors (Lipinski definition) is 2. The number of aliphatic carboxylic acids is 1. The number of aliphatic hydroxyl groups excluding tert-OH is 1. The lowest BCUT2D eigenvalue weighted by atomic mass is 10.2. The van der Waals surface area contributed by atoms with Gasteiger partial charge in [-0.25, -0.2) is 0 Å². The van der Waals surface area contributed by atoms with Crippen molar-refractivity contribution >= 4 is 29.5 Å². The van der Waals surface area contributed by atoms with E-state index in [1.807, 2.05) is 11.5 Å². The van der Waals surface area contributed by atoms with Gasteiger partial charge in [0.25, 0.3) is 0 Å². The van der Waals surface area contributed by atoms with Crippen molar-refractivity contribution in [1.29, 1.82) is 0 Å². The summed E-state index contributed by atoms with van der Waals surface area (Å²) in [4.78, 5) is 11.5. The highest BCUT2D eigenvalue weighted by atomic mass is 32.1. The van der Waals surface area contributed by atoms with Gasteiger partial charge in [-0.3, -0.25) is 4.79 Å². The summed E-state index contributed by atoms with van der Waals surface area (Å²) in [5.74, 6) is -0.753. The molecule has 0 atom stereocenters. The fourth-order valence-corrected chi connectivity index (χ4v) is 3.19. The Bertz CT molecular complexity index is 436. The Morgan fingerprint density at radius 2 is 2.18 bits per heavy atom. The summed E-state index contributed by atoms with van der Waals surface area (Å²) in [7, 11) is 0. The largest absolute Gasteiger partial charge is 0.481 e. The van der Waals surface area contributed by atoms with Crippen molar-refractivity contribution < 1.29 is 15.0 Å². The highest BCUT2D eigenvalue weighted by molar-refractivity contribution is 7.73. The van der Waals surface area contributed by atoms with Gasteiger partial charge in [0.2, 0.25) is 0 Å². The topological polar surface area (TPSA) is 62.5 Å². The summed E-state index contributed by atoms with van der Waals surface area (Å²) in [5.41, 5.74) is 1.10. The molecule has 0 aliphatic rings. The first-order valence-electron chi connectivity index (χ1n) is 5.58. The van der Waals surface area contributed by atoms with Crippen LogP contribution in [0.3, 0.4) is 0 Å². The normalized spacial score (nSPS) is 10.7. The van der Waals surface area contributed by atoms with Crippen LogP contribution in [-0.2, 0) is 17.8 Å². The van der Waals surface area contributed by atoms with Crippen molar-refractivity contribution in [3.8, 4) is 0 Å². The third-order valence-corrected chi connectivity index (χ3v) is 4.21. The molecule has 0 saturated heterocycles. The number of carbonyl (C=O) groups is 1. The molecule has 1 rings (SSSR count). The summed E-state index contributed by atoms with van der Waals surface area (Å²) >= 11 is 6.79. The lowest BCUT2D eigenvalue weighted by Crippen LogP contribution is -2.03. The molecule has 0 spiro atoms. The number of thiazole rings is 1. The number of rotatable bonds is 7. The molecule has 1 heterocycles. The summed E-state index contributed by atoms with van der Waals surface area (Å²) in [6.07, 6.45) is 2.33. The standard InChI is InChI=1S/C11H17NO3S2/c1-8-9(5-7-13)17-11(16)12(8)6-3-2-4-10(14)15/h13H,2-7H2,1H3,(H,14,15). The Balaban J connectivity index is 2.58. The average Bonchev–Trinajstić information content (AvgIpc) is 2.51. The van der Waals surface area contributed by atoms with Crippen molar-refractivity contribution in [3.05, 3.63) is 14.5 Å². The predicted molar refractivity (Wildman–Crippen MR) is 70.2 cm³/mol. The SMILES string of the molecule is Cc1c(CCO)sc(=S)n1CCCCC(=O)O. The van der Waals surface area contributed by atoms with Crippen LogP contribution in [0.15, 0.2) is 0 Å². The van der Waals surface area contributed by atoms with Gasteiger partial charge < -0.3 is 14.8 Å². The molecule has 0 fully saturated rings. The van der Waals surface area contributed by atoms with Crippen LogP contribution in [0.1, 0.15) is 29.8 Å². The van der Waals surface area contributed by atoms with Crippen LogP contribution in [0.25, 0.3) is 0 Å². The quantitative estimate of drug-likeness (QED) is 0.592. The van der Waals surface area contributed by atoms with Crippen LogP contribution >= 0.6 is 23.6 Å².